The summed E-state index contributed by atoms with van der Waals surface area (Å²) in [5.41, 5.74) is 13.9. The molecule has 0 radical (unpaired) electrons. The number of para-hydroxylation sites is 3. The Kier molecular flexibility index (Phi) is 5.06. The molecule has 0 unspecified atom stereocenters. The van der Waals surface area contributed by atoms with E-state index in [-0.39, 0.29) is 5.41 Å². The third kappa shape index (κ3) is 3.37. The molecule has 3 heterocycles. The lowest BCUT2D eigenvalue weighted by Gasteiger charge is -2.44. The molecule has 46 heavy (non-hydrogen) atoms. The number of rotatable bonds is 2. The predicted octanol–water partition coefficient (Wildman–Crippen LogP) is 12.3. The zero-order valence-electron chi connectivity index (χ0n) is 25.7. The maximum Gasteiger partial charge on any atom is 0.135 e. The van der Waals surface area contributed by atoms with Gasteiger partial charge in [0.15, 0.2) is 0 Å². The third-order valence-electron chi connectivity index (χ3n) is 10.1. The van der Waals surface area contributed by atoms with E-state index >= 15 is 0 Å². The normalized spacial score (nSPS) is 14.4. The van der Waals surface area contributed by atoms with Gasteiger partial charge >= 0.3 is 0 Å². The van der Waals surface area contributed by atoms with Gasteiger partial charge in [0.05, 0.1) is 22.7 Å². The van der Waals surface area contributed by atoms with E-state index in [2.05, 4.69) is 157 Å². The van der Waals surface area contributed by atoms with E-state index < -0.39 is 0 Å². The summed E-state index contributed by atoms with van der Waals surface area (Å²) in [6.07, 6.45) is 0. The quantitative estimate of drug-likeness (QED) is 0.200. The second-order valence-corrected chi connectivity index (χ2v) is 13.0. The molecule has 0 bridgehead atoms. The van der Waals surface area contributed by atoms with Crippen LogP contribution in [0.5, 0.6) is 0 Å². The summed E-state index contributed by atoms with van der Waals surface area (Å²) >= 11 is 0. The number of fused-ring (bicyclic) bond motifs is 7. The molecule has 2 aliphatic rings. The molecule has 218 valence electrons. The number of nitrogens with zero attached hydrogens (tertiary/aromatic N) is 2. The minimum Gasteiger partial charge on any atom is -0.456 e. The van der Waals surface area contributed by atoms with Crippen LogP contribution in [0.4, 0.5) is 34.1 Å². The lowest BCUT2D eigenvalue weighted by Crippen LogP contribution is -2.31. The number of hydrogen-bond donors (Lipinski definition) is 0. The summed E-state index contributed by atoms with van der Waals surface area (Å²) in [5.74, 6) is 0. The largest absolute Gasteiger partial charge is 0.456 e. The van der Waals surface area contributed by atoms with Crippen molar-refractivity contribution in [1.29, 1.82) is 0 Å². The first-order chi connectivity index (χ1) is 22.6. The van der Waals surface area contributed by atoms with E-state index in [1.54, 1.807) is 0 Å². The molecule has 1 aromatic heterocycles. The minimum absolute atomic E-state index is 0.198. The molecule has 8 aromatic rings. The van der Waals surface area contributed by atoms with Gasteiger partial charge in [-0.3, -0.25) is 0 Å². The van der Waals surface area contributed by atoms with Gasteiger partial charge in [0.2, 0.25) is 0 Å². The molecule has 0 atom stereocenters. The number of furan rings is 1. The smallest absolute Gasteiger partial charge is 0.135 e. The Morgan fingerprint density at radius 2 is 1.17 bits per heavy atom. The maximum atomic E-state index is 6.25. The highest BCUT2D eigenvalue weighted by molar-refractivity contribution is 6.15. The van der Waals surface area contributed by atoms with Crippen LogP contribution in [0.2, 0.25) is 0 Å². The first-order valence-electron chi connectivity index (χ1n) is 15.9. The van der Waals surface area contributed by atoms with Gasteiger partial charge in [-0.25, -0.2) is 0 Å². The number of anilines is 6. The van der Waals surface area contributed by atoms with Crippen LogP contribution in [-0.2, 0) is 5.41 Å². The Morgan fingerprint density at radius 1 is 0.457 bits per heavy atom. The topological polar surface area (TPSA) is 19.6 Å². The van der Waals surface area contributed by atoms with E-state index in [0.717, 1.165) is 33.3 Å². The van der Waals surface area contributed by atoms with E-state index in [0.29, 0.717) is 0 Å². The van der Waals surface area contributed by atoms with Crippen LogP contribution in [0.25, 0.3) is 43.8 Å². The lowest BCUT2D eigenvalue weighted by atomic mass is 9.72. The van der Waals surface area contributed by atoms with Crippen molar-refractivity contribution >= 4 is 66.8 Å². The molecular formula is C43H30N2O. The van der Waals surface area contributed by atoms with Crippen LogP contribution < -0.4 is 9.80 Å². The van der Waals surface area contributed by atoms with Crippen molar-refractivity contribution in [2.24, 2.45) is 0 Å². The molecule has 3 nitrogen and oxygen atoms in total. The van der Waals surface area contributed by atoms with Gasteiger partial charge < -0.3 is 14.2 Å². The Labute approximate surface area is 267 Å². The second-order valence-electron chi connectivity index (χ2n) is 13.0. The number of hydrogen-bond acceptors (Lipinski definition) is 3. The zero-order valence-corrected chi connectivity index (χ0v) is 25.7. The molecule has 7 aromatic carbocycles. The molecule has 0 aliphatic carbocycles. The molecule has 3 heteroatoms. The molecule has 0 fully saturated rings. The van der Waals surface area contributed by atoms with Gasteiger partial charge in [0.25, 0.3) is 0 Å². The van der Waals surface area contributed by atoms with Gasteiger partial charge in [0, 0.05) is 38.5 Å². The van der Waals surface area contributed by atoms with E-state index in [9.17, 15) is 0 Å². The molecule has 2 aliphatic heterocycles. The summed E-state index contributed by atoms with van der Waals surface area (Å²) < 4.78 is 6.25. The van der Waals surface area contributed by atoms with Gasteiger partial charge in [0.1, 0.15) is 11.2 Å². The van der Waals surface area contributed by atoms with Gasteiger partial charge in [-0.15, -0.1) is 0 Å². The Balaban J connectivity index is 1.31. The molecule has 0 saturated heterocycles. The Hall–Kier alpha value is -5.80. The van der Waals surface area contributed by atoms with Gasteiger partial charge in [-0.1, -0.05) is 98.8 Å². The standard InChI is InChI=1S/C43H30N2O/c1-43(2)34-18-7-8-19-36(34)44(28-14-4-3-5-15-28)39-26-38-32(25-35(39)43)31-17-10-12-27-13-11-20-37(42(27)31)45(38)29-22-23-41-33(24-29)30-16-6-9-21-40(30)46-41/h3-26H,1-2H3. The van der Waals surface area contributed by atoms with Crippen LogP contribution in [0, 0.1) is 0 Å². The van der Waals surface area contributed by atoms with E-state index in [4.69, 9.17) is 4.42 Å². The van der Waals surface area contributed by atoms with E-state index in [1.807, 2.05) is 12.1 Å². The third-order valence-corrected chi connectivity index (χ3v) is 10.1. The summed E-state index contributed by atoms with van der Waals surface area (Å²) in [4.78, 5) is 4.91. The molecule has 0 spiro atoms. The molecule has 10 rings (SSSR count). The van der Waals surface area contributed by atoms with E-state index in [1.165, 1.54) is 55.8 Å². The second kappa shape index (κ2) is 9.12. The highest BCUT2D eigenvalue weighted by atomic mass is 16.3. The molecule has 0 amide bonds. The molecule has 0 N–H and O–H groups in total. The highest BCUT2D eigenvalue weighted by Gasteiger charge is 2.39. The van der Waals surface area contributed by atoms with Crippen LogP contribution >= 0.6 is 0 Å². The Bertz CT molecular complexity index is 2520. The first-order valence-corrected chi connectivity index (χ1v) is 15.9. The summed E-state index contributed by atoms with van der Waals surface area (Å²) in [7, 11) is 0. The molecule has 0 saturated carbocycles. The van der Waals surface area contributed by atoms with Gasteiger partial charge in [-0.05, 0) is 82.7 Å². The predicted molar refractivity (Wildman–Crippen MR) is 192 cm³/mol. The van der Waals surface area contributed by atoms with Gasteiger partial charge in [-0.2, -0.15) is 0 Å². The average Bonchev–Trinajstić information content (AvgIpc) is 3.47. The van der Waals surface area contributed by atoms with Crippen LogP contribution in [0.15, 0.2) is 150 Å². The van der Waals surface area contributed by atoms with Crippen molar-refractivity contribution in [1.82, 2.24) is 0 Å². The molecular weight excluding hydrogens is 560 g/mol. The Morgan fingerprint density at radius 3 is 2.07 bits per heavy atom. The first kappa shape index (κ1) is 25.5. The van der Waals surface area contributed by atoms with Crippen molar-refractivity contribution in [2.45, 2.75) is 19.3 Å². The van der Waals surface area contributed by atoms with Crippen LogP contribution in [-0.4, -0.2) is 0 Å². The lowest BCUT2D eigenvalue weighted by molar-refractivity contribution is 0.632. The monoisotopic (exact) mass is 590 g/mol. The SMILES string of the molecule is CC1(C)c2ccccc2N(c2ccccc2)c2cc3c(cc21)-c1cccc2cccc(c12)N3c1ccc2oc3ccccc3c2c1. The maximum absolute atomic E-state index is 6.25. The fourth-order valence-electron chi connectivity index (χ4n) is 7.98. The van der Waals surface area contributed by atoms with Crippen molar-refractivity contribution in [3.63, 3.8) is 0 Å². The van der Waals surface area contributed by atoms with Crippen LogP contribution in [0.3, 0.4) is 0 Å². The number of benzene rings is 7. The van der Waals surface area contributed by atoms with Crippen molar-refractivity contribution in [3.05, 3.63) is 157 Å². The fraction of sp³-hybridized carbons (Fsp3) is 0.0698. The minimum atomic E-state index is -0.198. The van der Waals surface area contributed by atoms with Crippen molar-refractivity contribution in [3.8, 4) is 11.1 Å². The fourth-order valence-corrected chi connectivity index (χ4v) is 7.98. The summed E-state index contributed by atoms with van der Waals surface area (Å²) in [5, 5.41) is 4.78. The average molecular weight is 591 g/mol. The summed E-state index contributed by atoms with van der Waals surface area (Å²) in [6, 6.07) is 52.9. The van der Waals surface area contributed by atoms with Crippen molar-refractivity contribution < 1.29 is 4.42 Å². The van der Waals surface area contributed by atoms with Crippen LogP contribution in [0.1, 0.15) is 25.0 Å². The summed E-state index contributed by atoms with van der Waals surface area (Å²) in [6.45, 7) is 4.74. The van der Waals surface area contributed by atoms with Crippen molar-refractivity contribution in [2.75, 3.05) is 9.80 Å². The highest BCUT2D eigenvalue weighted by Crippen LogP contribution is 2.58. The zero-order chi connectivity index (χ0) is 30.6.